The second kappa shape index (κ2) is 6.23. The first kappa shape index (κ1) is 15.7. The van der Waals surface area contributed by atoms with Crippen LogP contribution in [0.15, 0.2) is 12.1 Å². The fraction of sp³-hybridized carbons (Fsp3) is 0.588. The van der Waals surface area contributed by atoms with E-state index in [1.54, 1.807) is 0 Å². The lowest BCUT2D eigenvalue weighted by Crippen LogP contribution is -2.17. The molecule has 1 rings (SSSR count). The highest BCUT2D eigenvalue weighted by Crippen LogP contribution is 2.32. The number of rotatable bonds is 5. The van der Waals surface area contributed by atoms with Gasteiger partial charge in [-0.3, -0.25) is 4.79 Å². The zero-order valence-electron chi connectivity index (χ0n) is 13.1. The lowest BCUT2D eigenvalue weighted by atomic mass is 9.83. The molecule has 1 aromatic rings. The molecule has 0 aliphatic carbocycles. The molecule has 0 bridgehead atoms. The molecule has 0 aliphatic rings. The molecule has 0 saturated carbocycles. The Balaban J connectivity index is 3.50. The Bertz CT molecular complexity index is 429. The quantitative estimate of drug-likeness (QED) is 0.852. The van der Waals surface area contributed by atoms with Crippen LogP contribution in [0.1, 0.15) is 81.5 Å². The van der Waals surface area contributed by atoms with E-state index in [1.165, 1.54) is 16.7 Å². The van der Waals surface area contributed by atoms with Gasteiger partial charge in [-0.1, -0.05) is 53.7 Å². The monoisotopic (exact) mass is 261 g/mol. The summed E-state index contributed by atoms with van der Waals surface area (Å²) in [5.41, 5.74) is 10.5. The van der Waals surface area contributed by atoms with Crippen molar-refractivity contribution in [3.8, 4) is 0 Å². The van der Waals surface area contributed by atoms with Crippen LogP contribution in [0.3, 0.4) is 0 Å². The molecule has 0 radical (unpaired) electrons. The van der Waals surface area contributed by atoms with Crippen LogP contribution in [0.25, 0.3) is 0 Å². The maximum Gasteiger partial charge on any atom is 0.221 e. The number of benzene rings is 1. The third kappa shape index (κ3) is 3.82. The normalized spacial score (nSPS) is 11.6. The highest BCUT2D eigenvalue weighted by Gasteiger charge is 2.18. The Morgan fingerprint density at radius 1 is 0.947 bits per heavy atom. The summed E-state index contributed by atoms with van der Waals surface area (Å²) in [6, 6.07) is 4.50. The van der Waals surface area contributed by atoms with E-state index in [2.05, 4.69) is 53.7 Å². The van der Waals surface area contributed by atoms with Gasteiger partial charge in [0, 0.05) is 0 Å². The predicted octanol–water partition coefficient (Wildman–Crippen LogP) is 4.08. The molecular formula is C17H27NO. The van der Waals surface area contributed by atoms with E-state index in [4.69, 9.17) is 5.73 Å². The van der Waals surface area contributed by atoms with Gasteiger partial charge in [-0.15, -0.1) is 0 Å². The van der Waals surface area contributed by atoms with Gasteiger partial charge in [0.05, 0.1) is 6.42 Å². The second-order valence-electron chi connectivity index (χ2n) is 6.29. The summed E-state index contributed by atoms with van der Waals surface area (Å²) in [4.78, 5) is 11.4. The number of hydrogen-bond donors (Lipinski definition) is 1. The summed E-state index contributed by atoms with van der Waals surface area (Å²) in [5, 5.41) is 0. The fourth-order valence-electron chi connectivity index (χ4n) is 2.48. The van der Waals surface area contributed by atoms with E-state index in [0.717, 1.165) is 5.56 Å². The third-order valence-corrected chi connectivity index (χ3v) is 3.60. The first-order valence-corrected chi connectivity index (χ1v) is 7.18. The van der Waals surface area contributed by atoms with Gasteiger partial charge in [0.25, 0.3) is 0 Å². The number of amides is 1. The number of primary amides is 1. The molecule has 0 unspecified atom stereocenters. The summed E-state index contributed by atoms with van der Waals surface area (Å²) in [7, 11) is 0. The summed E-state index contributed by atoms with van der Waals surface area (Å²) in [6.45, 7) is 13.1. The van der Waals surface area contributed by atoms with Crippen molar-refractivity contribution in [1.29, 1.82) is 0 Å². The molecule has 0 spiro atoms. The van der Waals surface area contributed by atoms with Crippen molar-refractivity contribution in [2.24, 2.45) is 5.73 Å². The average Bonchev–Trinajstić information content (AvgIpc) is 2.27. The van der Waals surface area contributed by atoms with Crippen LogP contribution >= 0.6 is 0 Å². The van der Waals surface area contributed by atoms with E-state index >= 15 is 0 Å². The zero-order chi connectivity index (χ0) is 14.7. The Kier molecular flexibility index (Phi) is 5.16. The van der Waals surface area contributed by atoms with Crippen LogP contribution in [0.5, 0.6) is 0 Å². The molecule has 2 heteroatoms. The highest BCUT2D eigenvalue weighted by molar-refractivity contribution is 5.77. The largest absolute Gasteiger partial charge is 0.369 e. The summed E-state index contributed by atoms with van der Waals surface area (Å²) >= 11 is 0. The Morgan fingerprint density at radius 2 is 1.37 bits per heavy atom. The van der Waals surface area contributed by atoms with Crippen LogP contribution in [-0.2, 0) is 11.2 Å². The van der Waals surface area contributed by atoms with Gasteiger partial charge in [0.2, 0.25) is 5.91 Å². The topological polar surface area (TPSA) is 43.1 Å². The minimum atomic E-state index is -0.249. The van der Waals surface area contributed by atoms with Crippen molar-refractivity contribution in [2.45, 2.75) is 65.7 Å². The lowest BCUT2D eigenvalue weighted by Gasteiger charge is -2.22. The SMILES string of the molecule is CC(C)c1cc(C(C)C)c(CC(N)=O)c(C(C)C)c1. The molecule has 1 amide bonds. The van der Waals surface area contributed by atoms with Gasteiger partial charge in [0.1, 0.15) is 0 Å². The number of nitrogens with two attached hydrogens (primary N) is 1. The van der Waals surface area contributed by atoms with E-state index in [1.807, 2.05) is 0 Å². The Hall–Kier alpha value is -1.31. The molecule has 0 heterocycles. The summed E-state index contributed by atoms with van der Waals surface area (Å²) in [5.74, 6) is 1.06. The third-order valence-electron chi connectivity index (χ3n) is 3.60. The molecule has 0 saturated heterocycles. The van der Waals surface area contributed by atoms with Crippen LogP contribution in [0, 0.1) is 0 Å². The van der Waals surface area contributed by atoms with Gasteiger partial charge in [0.15, 0.2) is 0 Å². The van der Waals surface area contributed by atoms with Crippen molar-refractivity contribution < 1.29 is 4.79 Å². The van der Waals surface area contributed by atoms with Crippen molar-refractivity contribution in [3.05, 3.63) is 34.4 Å². The van der Waals surface area contributed by atoms with Gasteiger partial charge in [-0.2, -0.15) is 0 Å². The van der Waals surface area contributed by atoms with Crippen LogP contribution < -0.4 is 5.73 Å². The van der Waals surface area contributed by atoms with Crippen molar-refractivity contribution in [2.75, 3.05) is 0 Å². The molecule has 0 aliphatic heterocycles. The molecule has 0 atom stereocenters. The van der Waals surface area contributed by atoms with E-state index < -0.39 is 0 Å². The molecule has 0 aromatic heterocycles. The highest BCUT2D eigenvalue weighted by atomic mass is 16.1. The van der Waals surface area contributed by atoms with Crippen LogP contribution in [-0.4, -0.2) is 5.91 Å². The fourth-order valence-corrected chi connectivity index (χ4v) is 2.48. The smallest absolute Gasteiger partial charge is 0.221 e. The lowest BCUT2D eigenvalue weighted by molar-refractivity contribution is -0.117. The summed E-state index contributed by atoms with van der Waals surface area (Å²) < 4.78 is 0. The average molecular weight is 261 g/mol. The number of carbonyl (C=O) groups is 1. The molecule has 19 heavy (non-hydrogen) atoms. The van der Waals surface area contributed by atoms with Crippen LogP contribution in [0.4, 0.5) is 0 Å². The van der Waals surface area contributed by atoms with Gasteiger partial charge in [-0.25, -0.2) is 0 Å². The summed E-state index contributed by atoms with van der Waals surface area (Å²) in [6.07, 6.45) is 0.347. The number of hydrogen-bond acceptors (Lipinski definition) is 1. The second-order valence-corrected chi connectivity index (χ2v) is 6.29. The van der Waals surface area contributed by atoms with E-state index in [9.17, 15) is 4.79 Å². The maximum atomic E-state index is 11.4. The number of carbonyl (C=O) groups excluding carboxylic acids is 1. The van der Waals surface area contributed by atoms with E-state index in [-0.39, 0.29) is 5.91 Å². The molecule has 2 nitrogen and oxygen atoms in total. The molecule has 2 N–H and O–H groups in total. The molecule has 1 aromatic carbocycles. The van der Waals surface area contributed by atoms with Gasteiger partial charge >= 0.3 is 0 Å². The van der Waals surface area contributed by atoms with Gasteiger partial charge < -0.3 is 5.73 Å². The maximum absolute atomic E-state index is 11.4. The van der Waals surface area contributed by atoms with E-state index in [0.29, 0.717) is 24.2 Å². The standard InChI is InChI=1S/C17H27NO/c1-10(2)13-7-14(11(3)4)16(9-17(18)19)15(8-13)12(5)6/h7-8,10-12H,9H2,1-6H3,(H2,18,19). The zero-order valence-corrected chi connectivity index (χ0v) is 13.1. The first-order valence-electron chi connectivity index (χ1n) is 7.18. The van der Waals surface area contributed by atoms with Crippen molar-refractivity contribution in [3.63, 3.8) is 0 Å². The first-order chi connectivity index (χ1) is 8.73. The Labute approximate surface area is 117 Å². The molecule has 106 valence electrons. The van der Waals surface area contributed by atoms with Crippen LogP contribution in [0.2, 0.25) is 0 Å². The van der Waals surface area contributed by atoms with Gasteiger partial charge in [-0.05, 0) is 40.0 Å². The molecular weight excluding hydrogens is 234 g/mol. The predicted molar refractivity (Wildman–Crippen MR) is 81.6 cm³/mol. The minimum Gasteiger partial charge on any atom is -0.369 e. The molecule has 0 fully saturated rings. The van der Waals surface area contributed by atoms with Crippen molar-refractivity contribution in [1.82, 2.24) is 0 Å². The Morgan fingerprint density at radius 3 is 1.63 bits per heavy atom. The van der Waals surface area contributed by atoms with Crippen molar-refractivity contribution >= 4 is 5.91 Å². The minimum absolute atomic E-state index is 0.249.